The van der Waals surface area contributed by atoms with Crippen LogP contribution in [-0.2, 0) is 12.8 Å². The Kier molecular flexibility index (Phi) is 19.8. The van der Waals surface area contributed by atoms with Crippen LogP contribution in [0.2, 0.25) is 0 Å². The minimum Gasteiger partial charge on any atom is -0.494 e. The van der Waals surface area contributed by atoms with Crippen LogP contribution in [0.4, 0.5) is 0 Å². The molecule has 3 aromatic carbocycles. The maximum atomic E-state index is 6.13. The third-order valence-electron chi connectivity index (χ3n) is 9.88. The van der Waals surface area contributed by atoms with Crippen molar-refractivity contribution in [1.82, 2.24) is 0 Å². The maximum Gasteiger partial charge on any atom is 0.119 e. The lowest BCUT2D eigenvalue weighted by Crippen LogP contribution is -1.97. The van der Waals surface area contributed by atoms with Gasteiger partial charge in [0.1, 0.15) is 5.75 Å². The molecule has 0 fully saturated rings. The molecule has 0 aliphatic rings. The number of hydrogen-bond donors (Lipinski definition) is 0. The molecule has 0 saturated carbocycles. The molecule has 250 valence electrons. The van der Waals surface area contributed by atoms with Crippen molar-refractivity contribution >= 4 is 10.8 Å². The number of hydrogen-bond acceptors (Lipinski definition) is 1. The average Bonchev–Trinajstić information content (AvgIpc) is 3.07. The summed E-state index contributed by atoms with van der Waals surface area (Å²) in [6, 6.07) is 23.0. The first-order valence-electron chi connectivity index (χ1n) is 19.4. The molecular formula is C44H68O. The summed E-state index contributed by atoms with van der Waals surface area (Å²) in [4.78, 5) is 0. The van der Waals surface area contributed by atoms with E-state index in [0.717, 1.165) is 31.6 Å². The highest BCUT2D eigenvalue weighted by Crippen LogP contribution is 2.25. The van der Waals surface area contributed by atoms with Gasteiger partial charge in [-0.2, -0.15) is 0 Å². The zero-order valence-electron chi connectivity index (χ0n) is 29.7. The van der Waals surface area contributed by atoms with Crippen molar-refractivity contribution < 1.29 is 4.74 Å². The van der Waals surface area contributed by atoms with Crippen molar-refractivity contribution in [3.05, 3.63) is 77.4 Å². The zero-order valence-corrected chi connectivity index (χ0v) is 29.7. The molecule has 0 unspecified atom stereocenters. The highest BCUT2D eigenvalue weighted by Gasteiger charge is 2.06. The van der Waals surface area contributed by atoms with E-state index in [1.165, 1.54) is 156 Å². The maximum absolute atomic E-state index is 6.13. The molecule has 0 aromatic heterocycles. The Hall–Kier alpha value is -2.28. The van der Waals surface area contributed by atoms with Gasteiger partial charge in [-0.05, 0) is 71.2 Å². The van der Waals surface area contributed by atoms with E-state index in [0.29, 0.717) is 5.92 Å². The molecule has 0 saturated heterocycles. The van der Waals surface area contributed by atoms with Gasteiger partial charge in [-0.15, -0.1) is 0 Å². The second-order valence-corrected chi connectivity index (χ2v) is 14.0. The van der Waals surface area contributed by atoms with Crippen molar-refractivity contribution in [2.24, 2.45) is 0 Å². The van der Waals surface area contributed by atoms with Crippen molar-refractivity contribution in [2.75, 3.05) is 6.61 Å². The summed E-state index contributed by atoms with van der Waals surface area (Å²) >= 11 is 0. The van der Waals surface area contributed by atoms with Gasteiger partial charge in [-0.1, -0.05) is 191 Å². The van der Waals surface area contributed by atoms with Gasteiger partial charge in [0.05, 0.1) is 6.61 Å². The topological polar surface area (TPSA) is 9.23 Å². The van der Waals surface area contributed by atoms with Crippen LogP contribution in [-0.4, -0.2) is 6.61 Å². The van der Waals surface area contributed by atoms with Crippen molar-refractivity contribution in [3.63, 3.8) is 0 Å². The molecule has 0 N–H and O–H groups in total. The SMILES string of the molecule is CCCCCCCCCCCCCCCCCCOc1ccc2cc(CCc3ccc([C@H](C)CCCCCC)cc3)ccc2c1. The summed E-state index contributed by atoms with van der Waals surface area (Å²) in [5.41, 5.74) is 4.35. The molecule has 0 bridgehead atoms. The lowest BCUT2D eigenvalue weighted by atomic mass is 9.93. The van der Waals surface area contributed by atoms with Gasteiger partial charge < -0.3 is 4.74 Å². The summed E-state index contributed by atoms with van der Waals surface area (Å²) in [5.74, 6) is 1.68. The fourth-order valence-electron chi connectivity index (χ4n) is 6.70. The lowest BCUT2D eigenvalue weighted by molar-refractivity contribution is 0.304. The Morgan fingerprint density at radius 2 is 0.933 bits per heavy atom. The summed E-state index contributed by atoms with van der Waals surface area (Å²) in [7, 11) is 0. The van der Waals surface area contributed by atoms with Crippen LogP contribution >= 0.6 is 0 Å². The largest absolute Gasteiger partial charge is 0.494 e. The number of unbranched alkanes of at least 4 members (excludes halogenated alkanes) is 18. The van der Waals surface area contributed by atoms with E-state index in [1.54, 1.807) is 0 Å². The zero-order chi connectivity index (χ0) is 31.8. The fraction of sp³-hybridized carbons (Fsp3) is 0.636. The number of aryl methyl sites for hydroxylation is 2. The van der Waals surface area contributed by atoms with Crippen LogP contribution < -0.4 is 4.74 Å². The van der Waals surface area contributed by atoms with E-state index in [4.69, 9.17) is 4.74 Å². The van der Waals surface area contributed by atoms with Gasteiger partial charge in [0.15, 0.2) is 0 Å². The van der Waals surface area contributed by atoms with Crippen LogP contribution in [0.5, 0.6) is 5.75 Å². The summed E-state index contributed by atoms with van der Waals surface area (Å²) in [5, 5.41) is 2.59. The Morgan fingerprint density at radius 1 is 0.467 bits per heavy atom. The van der Waals surface area contributed by atoms with Gasteiger partial charge >= 0.3 is 0 Å². The van der Waals surface area contributed by atoms with E-state index < -0.39 is 0 Å². The van der Waals surface area contributed by atoms with Crippen LogP contribution in [0.15, 0.2) is 60.7 Å². The Balaban J connectivity index is 1.23. The first-order chi connectivity index (χ1) is 22.2. The highest BCUT2D eigenvalue weighted by molar-refractivity contribution is 5.84. The third-order valence-corrected chi connectivity index (χ3v) is 9.88. The minimum atomic E-state index is 0.666. The predicted octanol–water partition coefficient (Wildman–Crippen LogP) is 14.3. The molecule has 0 aliphatic heterocycles. The van der Waals surface area contributed by atoms with Crippen LogP contribution in [0, 0.1) is 0 Å². The number of ether oxygens (including phenoxy) is 1. The van der Waals surface area contributed by atoms with E-state index in [2.05, 4.69) is 81.4 Å². The van der Waals surface area contributed by atoms with Gasteiger partial charge in [0.2, 0.25) is 0 Å². The van der Waals surface area contributed by atoms with Gasteiger partial charge in [0, 0.05) is 0 Å². The molecular weight excluding hydrogens is 544 g/mol. The highest BCUT2D eigenvalue weighted by atomic mass is 16.5. The molecule has 1 heteroatoms. The van der Waals surface area contributed by atoms with Crippen LogP contribution in [0.3, 0.4) is 0 Å². The summed E-state index contributed by atoms with van der Waals surface area (Å²) < 4.78 is 6.13. The molecule has 0 spiro atoms. The predicted molar refractivity (Wildman–Crippen MR) is 200 cm³/mol. The summed E-state index contributed by atoms with van der Waals surface area (Å²) in [6.45, 7) is 7.80. The van der Waals surface area contributed by atoms with Crippen molar-refractivity contribution in [1.29, 1.82) is 0 Å². The molecule has 0 radical (unpaired) electrons. The minimum absolute atomic E-state index is 0.666. The number of fused-ring (bicyclic) bond motifs is 1. The first-order valence-corrected chi connectivity index (χ1v) is 19.4. The van der Waals surface area contributed by atoms with Crippen LogP contribution in [0.1, 0.15) is 178 Å². The van der Waals surface area contributed by atoms with E-state index >= 15 is 0 Å². The van der Waals surface area contributed by atoms with E-state index in [-0.39, 0.29) is 0 Å². The molecule has 1 nitrogen and oxygen atoms in total. The molecule has 0 aliphatic carbocycles. The molecule has 3 rings (SSSR count). The number of benzene rings is 3. The number of rotatable bonds is 27. The third kappa shape index (κ3) is 16.2. The second kappa shape index (κ2) is 24.0. The quantitative estimate of drug-likeness (QED) is 0.0778. The second-order valence-electron chi connectivity index (χ2n) is 14.0. The van der Waals surface area contributed by atoms with Crippen molar-refractivity contribution in [3.8, 4) is 5.75 Å². The average molecular weight is 613 g/mol. The molecule has 3 aromatic rings. The van der Waals surface area contributed by atoms with Gasteiger partial charge in [-0.3, -0.25) is 0 Å². The lowest BCUT2D eigenvalue weighted by Gasteiger charge is -2.12. The fourth-order valence-corrected chi connectivity index (χ4v) is 6.70. The van der Waals surface area contributed by atoms with Crippen LogP contribution in [0.25, 0.3) is 10.8 Å². The Labute approximate surface area is 279 Å². The normalized spacial score (nSPS) is 12.2. The molecule has 0 heterocycles. The first kappa shape index (κ1) is 37.2. The summed E-state index contributed by atoms with van der Waals surface area (Å²) in [6.07, 6.45) is 31.3. The van der Waals surface area contributed by atoms with E-state index in [1.807, 2.05) is 0 Å². The Bertz CT molecular complexity index is 1130. The molecule has 0 amide bonds. The molecule has 45 heavy (non-hydrogen) atoms. The smallest absolute Gasteiger partial charge is 0.119 e. The van der Waals surface area contributed by atoms with Gasteiger partial charge in [0.25, 0.3) is 0 Å². The van der Waals surface area contributed by atoms with Crippen molar-refractivity contribution in [2.45, 2.75) is 174 Å². The Morgan fingerprint density at radius 3 is 1.53 bits per heavy atom. The molecule has 1 atom stereocenters. The monoisotopic (exact) mass is 613 g/mol. The standard InChI is InChI=1S/C44H68O/c1-4-6-8-10-11-12-13-14-15-16-17-18-19-20-21-23-35-45-44-34-33-42-36-40(29-32-43(42)37-44)26-25-39-27-30-41(31-28-39)38(3)24-22-9-7-5-2/h27-34,36-38H,4-26,35H2,1-3H3/t38-/m1/s1. The van der Waals surface area contributed by atoms with Gasteiger partial charge in [-0.25, -0.2) is 0 Å². The van der Waals surface area contributed by atoms with E-state index in [9.17, 15) is 0 Å².